The van der Waals surface area contributed by atoms with Gasteiger partial charge in [-0.25, -0.2) is 4.18 Å². The summed E-state index contributed by atoms with van der Waals surface area (Å²) in [4.78, 5) is 2.55. The van der Waals surface area contributed by atoms with Crippen molar-refractivity contribution in [2.75, 3.05) is 13.1 Å². The van der Waals surface area contributed by atoms with E-state index in [1.54, 1.807) is 6.92 Å². The molecule has 1 aromatic rings. The first kappa shape index (κ1) is 20.4. The molecule has 0 saturated carbocycles. The van der Waals surface area contributed by atoms with Gasteiger partial charge in [0.05, 0.1) is 6.10 Å². The van der Waals surface area contributed by atoms with Gasteiger partial charge >= 0.3 is 10.4 Å². The standard InChI is InChI=1S/C19H31NO4S/c1-17(24-25(21,22)23)10-6-4-2-3-5-9-14-20-15-13-18-11-7-8-12-19(18)16-20/h7-8,11-12,17H,2-6,9-10,13-16H2,1H3,(H,21,22,23). The van der Waals surface area contributed by atoms with Gasteiger partial charge in [-0.3, -0.25) is 9.45 Å². The monoisotopic (exact) mass is 369 g/mol. The molecule has 0 aromatic heterocycles. The Labute approximate surface area is 152 Å². The Morgan fingerprint density at radius 1 is 1.08 bits per heavy atom. The van der Waals surface area contributed by atoms with Crippen LogP contribution in [0.5, 0.6) is 0 Å². The Bertz CT molecular complexity index is 618. The molecule has 1 aliphatic heterocycles. The number of unbranched alkanes of at least 4 members (excludes halogenated alkanes) is 5. The zero-order chi connectivity index (χ0) is 18.1. The van der Waals surface area contributed by atoms with E-state index in [9.17, 15) is 8.42 Å². The molecule has 1 unspecified atom stereocenters. The smallest absolute Gasteiger partial charge is 0.299 e. The Morgan fingerprint density at radius 3 is 2.44 bits per heavy atom. The quantitative estimate of drug-likeness (QED) is 0.472. The lowest BCUT2D eigenvalue weighted by molar-refractivity contribution is 0.185. The largest absolute Gasteiger partial charge is 0.397 e. The number of hydrogen-bond acceptors (Lipinski definition) is 4. The van der Waals surface area contributed by atoms with E-state index in [2.05, 4.69) is 33.3 Å². The number of hydrogen-bond donors (Lipinski definition) is 1. The number of rotatable bonds is 11. The molecule has 1 N–H and O–H groups in total. The van der Waals surface area contributed by atoms with Crippen LogP contribution in [0, 0.1) is 0 Å². The van der Waals surface area contributed by atoms with E-state index < -0.39 is 16.5 Å². The fraction of sp³-hybridized carbons (Fsp3) is 0.684. The third-order valence-corrected chi connectivity index (χ3v) is 5.40. The van der Waals surface area contributed by atoms with Crippen molar-refractivity contribution in [1.82, 2.24) is 4.90 Å². The minimum Gasteiger partial charge on any atom is -0.299 e. The number of benzene rings is 1. The highest BCUT2D eigenvalue weighted by molar-refractivity contribution is 7.80. The average molecular weight is 370 g/mol. The van der Waals surface area contributed by atoms with E-state index in [0.29, 0.717) is 6.42 Å². The fourth-order valence-corrected chi connectivity index (χ4v) is 3.99. The topological polar surface area (TPSA) is 66.8 Å². The van der Waals surface area contributed by atoms with Gasteiger partial charge in [-0.1, -0.05) is 56.4 Å². The molecule has 1 aromatic carbocycles. The molecule has 5 nitrogen and oxygen atoms in total. The summed E-state index contributed by atoms with van der Waals surface area (Å²) in [5.41, 5.74) is 2.99. The predicted molar refractivity (Wildman–Crippen MR) is 99.8 cm³/mol. The normalized spacial score (nSPS) is 16.6. The van der Waals surface area contributed by atoms with Gasteiger partial charge in [0.25, 0.3) is 0 Å². The molecule has 1 heterocycles. The van der Waals surface area contributed by atoms with Gasteiger partial charge in [-0.05, 0) is 43.9 Å². The molecule has 0 radical (unpaired) electrons. The van der Waals surface area contributed by atoms with Crippen LogP contribution < -0.4 is 0 Å². The molecule has 0 amide bonds. The van der Waals surface area contributed by atoms with E-state index in [-0.39, 0.29) is 0 Å². The summed E-state index contributed by atoms with van der Waals surface area (Å²) in [5, 5.41) is 0. The summed E-state index contributed by atoms with van der Waals surface area (Å²) >= 11 is 0. The molecule has 0 fully saturated rings. The lowest BCUT2D eigenvalue weighted by Gasteiger charge is -2.28. The first-order valence-corrected chi connectivity index (χ1v) is 10.8. The Hall–Kier alpha value is -0.950. The van der Waals surface area contributed by atoms with Crippen LogP contribution in [0.1, 0.15) is 63.0 Å². The summed E-state index contributed by atoms with van der Waals surface area (Å²) in [6.07, 6.45) is 8.26. The zero-order valence-corrected chi connectivity index (χ0v) is 16.0. The first-order valence-electron chi connectivity index (χ1n) is 9.39. The molecule has 142 valence electrons. The maximum Gasteiger partial charge on any atom is 0.397 e. The number of fused-ring (bicyclic) bond motifs is 1. The highest BCUT2D eigenvalue weighted by Gasteiger charge is 2.14. The highest BCUT2D eigenvalue weighted by atomic mass is 32.3. The summed E-state index contributed by atoms with van der Waals surface area (Å²) in [7, 11) is -4.31. The molecule has 1 aliphatic rings. The van der Waals surface area contributed by atoms with Crippen LogP contribution in [0.25, 0.3) is 0 Å². The van der Waals surface area contributed by atoms with Crippen LogP contribution in [0.3, 0.4) is 0 Å². The van der Waals surface area contributed by atoms with Crippen molar-refractivity contribution < 1.29 is 17.2 Å². The summed E-state index contributed by atoms with van der Waals surface area (Å²) < 4.78 is 34.2. The van der Waals surface area contributed by atoms with E-state index in [1.165, 1.54) is 56.3 Å². The summed E-state index contributed by atoms with van der Waals surface area (Å²) in [5.74, 6) is 0. The molecule has 0 saturated heterocycles. The molecular weight excluding hydrogens is 338 g/mol. The van der Waals surface area contributed by atoms with Crippen LogP contribution in [0.2, 0.25) is 0 Å². The van der Waals surface area contributed by atoms with Gasteiger partial charge in [0, 0.05) is 13.1 Å². The van der Waals surface area contributed by atoms with Crippen LogP contribution >= 0.6 is 0 Å². The lowest BCUT2D eigenvalue weighted by Crippen LogP contribution is -2.31. The van der Waals surface area contributed by atoms with E-state index in [0.717, 1.165) is 19.4 Å². The van der Waals surface area contributed by atoms with Crippen molar-refractivity contribution in [3.8, 4) is 0 Å². The fourth-order valence-electron chi connectivity index (χ4n) is 3.48. The van der Waals surface area contributed by atoms with Crippen LogP contribution in [-0.2, 0) is 27.5 Å². The van der Waals surface area contributed by atoms with Crippen molar-refractivity contribution in [1.29, 1.82) is 0 Å². The van der Waals surface area contributed by atoms with Gasteiger partial charge in [-0.2, -0.15) is 8.42 Å². The van der Waals surface area contributed by atoms with Gasteiger partial charge in [0.1, 0.15) is 0 Å². The second-order valence-electron chi connectivity index (χ2n) is 7.04. The third kappa shape index (κ3) is 8.31. The number of nitrogens with zero attached hydrogens (tertiary/aromatic N) is 1. The van der Waals surface area contributed by atoms with Gasteiger partial charge in [0.2, 0.25) is 0 Å². The Balaban J connectivity index is 1.47. The molecule has 25 heavy (non-hydrogen) atoms. The van der Waals surface area contributed by atoms with Gasteiger partial charge in [0.15, 0.2) is 0 Å². The maximum atomic E-state index is 10.6. The molecule has 2 rings (SSSR count). The molecule has 0 aliphatic carbocycles. The molecule has 1 atom stereocenters. The van der Waals surface area contributed by atoms with E-state index >= 15 is 0 Å². The Morgan fingerprint density at radius 2 is 1.72 bits per heavy atom. The van der Waals surface area contributed by atoms with Crippen molar-refractivity contribution >= 4 is 10.4 Å². The lowest BCUT2D eigenvalue weighted by atomic mass is 9.99. The second kappa shape index (κ2) is 10.3. The molecule has 0 spiro atoms. The van der Waals surface area contributed by atoms with Crippen molar-refractivity contribution in [3.05, 3.63) is 35.4 Å². The van der Waals surface area contributed by atoms with E-state index in [1.807, 2.05) is 0 Å². The third-order valence-electron chi connectivity index (χ3n) is 4.83. The van der Waals surface area contributed by atoms with E-state index in [4.69, 9.17) is 4.55 Å². The SMILES string of the molecule is CC(CCCCCCCCN1CCc2ccccc2C1)OS(=O)(=O)O. The van der Waals surface area contributed by atoms with Crippen molar-refractivity contribution in [2.24, 2.45) is 0 Å². The van der Waals surface area contributed by atoms with Gasteiger partial charge < -0.3 is 0 Å². The summed E-state index contributed by atoms with van der Waals surface area (Å²) in [6.45, 7) is 5.10. The zero-order valence-electron chi connectivity index (χ0n) is 15.2. The van der Waals surface area contributed by atoms with Crippen LogP contribution in [-0.4, -0.2) is 37.1 Å². The minimum absolute atomic E-state index is 0.447. The first-order chi connectivity index (χ1) is 11.9. The van der Waals surface area contributed by atoms with Gasteiger partial charge in [-0.15, -0.1) is 0 Å². The van der Waals surface area contributed by atoms with Crippen molar-refractivity contribution in [3.63, 3.8) is 0 Å². The maximum absolute atomic E-state index is 10.6. The molecular formula is C19H31NO4S. The molecule has 0 bridgehead atoms. The minimum atomic E-state index is -4.31. The Kier molecular flexibility index (Phi) is 8.36. The van der Waals surface area contributed by atoms with Crippen molar-refractivity contribution in [2.45, 2.75) is 70.9 Å². The second-order valence-corrected chi connectivity index (χ2v) is 8.09. The molecule has 6 heteroatoms. The average Bonchev–Trinajstić information content (AvgIpc) is 2.55. The van der Waals surface area contributed by atoms with Crippen LogP contribution in [0.4, 0.5) is 0 Å². The predicted octanol–water partition coefficient (Wildman–Crippen LogP) is 3.98. The summed E-state index contributed by atoms with van der Waals surface area (Å²) in [6, 6.07) is 8.75. The van der Waals surface area contributed by atoms with Crippen LogP contribution in [0.15, 0.2) is 24.3 Å². The highest BCUT2D eigenvalue weighted by Crippen LogP contribution is 2.19.